The molecule has 0 aliphatic heterocycles. The SMILES string of the molecule is CCN(CC)C(=O)CCl.CN(C)C(=O)CCl. The molecule has 0 unspecified atom stereocenters. The molecule has 0 N–H and O–H groups in total. The summed E-state index contributed by atoms with van der Waals surface area (Å²) in [5, 5.41) is 0. The standard InChI is InChI=1S/C6H12ClNO.C4H8ClNO/c1-3-8(4-2)6(9)5-7;1-6(2)4(7)3-5/h3-5H2,1-2H3;3H2,1-2H3. The maximum absolute atomic E-state index is 10.8. The summed E-state index contributed by atoms with van der Waals surface area (Å²) in [6.07, 6.45) is 0. The van der Waals surface area contributed by atoms with Crippen molar-refractivity contribution in [3.05, 3.63) is 0 Å². The molecule has 0 saturated carbocycles. The van der Waals surface area contributed by atoms with E-state index < -0.39 is 0 Å². The van der Waals surface area contributed by atoms with Crippen LogP contribution in [-0.2, 0) is 9.59 Å². The van der Waals surface area contributed by atoms with E-state index in [0.717, 1.165) is 13.1 Å². The molecule has 0 saturated heterocycles. The van der Waals surface area contributed by atoms with Crippen molar-refractivity contribution >= 4 is 35.0 Å². The van der Waals surface area contributed by atoms with E-state index in [1.807, 2.05) is 13.8 Å². The predicted molar refractivity (Wildman–Crippen MR) is 68.1 cm³/mol. The van der Waals surface area contributed by atoms with E-state index in [2.05, 4.69) is 0 Å². The molecule has 0 aromatic heterocycles. The number of hydrogen-bond donors (Lipinski definition) is 0. The van der Waals surface area contributed by atoms with Crippen LogP contribution in [0.3, 0.4) is 0 Å². The van der Waals surface area contributed by atoms with E-state index in [4.69, 9.17) is 23.2 Å². The van der Waals surface area contributed by atoms with Crippen LogP contribution >= 0.6 is 23.2 Å². The van der Waals surface area contributed by atoms with Gasteiger partial charge in [0.15, 0.2) is 0 Å². The number of hydrogen-bond acceptors (Lipinski definition) is 2. The third-order valence-corrected chi connectivity index (χ3v) is 2.30. The van der Waals surface area contributed by atoms with E-state index >= 15 is 0 Å². The Morgan fingerprint density at radius 3 is 1.38 bits per heavy atom. The predicted octanol–water partition coefficient (Wildman–Crippen LogP) is 1.41. The minimum Gasteiger partial charge on any atom is -0.348 e. The summed E-state index contributed by atoms with van der Waals surface area (Å²) < 4.78 is 0. The second-order valence-electron chi connectivity index (χ2n) is 3.12. The molecule has 0 spiro atoms. The minimum absolute atomic E-state index is 0.0154. The first-order valence-electron chi connectivity index (χ1n) is 5.04. The molecule has 0 fully saturated rings. The van der Waals surface area contributed by atoms with E-state index in [0.29, 0.717) is 0 Å². The molecule has 0 aliphatic rings. The van der Waals surface area contributed by atoms with Crippen LogP contribution in [0.4, 0.5) is 0 Å². The molecule has 0 aromatic rings. The van der Waals surface area contributed by atoms with Crippen molar-refractivity contribution in [2.75, 3.05) is 38.9 Å². The summed E-state index contributed by atoms with van der Waals surface area (Å²) in [5.74, 6) is 0.137. The summed E-state index contributed by atoms with van der Waals surface area (Å²) in [7, 11) is 3.34. The lowest BCUT2D eigenvalue weighted by molar-refractivity contribution is -0.128. The summed E-state index contributed by atoms with van der Waals surface area (Å²) in [4.78, 5) is 24.2. The Labute approximate surface area is 107 Å². The lowest BCUT2D eigenvalue weighted by atomic mass is 10.5. The highest BCUT2D eigenvalue weighted by Gasteiger charge is 2.05. The van der Waals surface area contributed by atoms with Crippen molar-refractivity contribution in [3.8, 4) is 0 Å². The van der Waals surface area contributed by atoms with Crippen LogP contribution in [0.1, 0.15) is 13.8 Å². The maximum atomic E-state index is 10.8. The molecule has 0 atom stereocenters. The molecule has 0 aliphatic carbocycles. The van der Waals surface area contributed by atoms with Crippen molar-refractivity contribution in [1.82, 2.24) is 9.80 Å². The Morgan fingerprint density at radius 2 is 1.31 bits per heavy atom. The van der Waals surface area contributed by atoms with Crippen LogP contribution in [0.15, 0.2) is 0 Å². The zero-order valence-electron chi connectivity index (χ0n) is 10.3. The lowest BCUT2D eigenvalue weighted by Gasteiger charge is -2.16. The summed E-state index contributed by atoms with van der Waals surface area (Å²) in [5.41, 5.74) is 0. The van der Waals surface area contributed by atoms with Crippen LogP contribution in [0.2, 0.25) is 0 Å². The highest BCUT2D eigenvalue weighted by Crippen LogP contribution is 1.89. The van der Waals surface area contributed by atoms with Gasteiger partial charge in [0.25, 0.3) is 0 Å². The molecule has 0 radical (unpaired) electrons. The Kier molecular flexibility index (Phi) is 12.3. The van der Waals surface area contributed by atoms with Gasteiger partial charge >= 0.3 is 0 Å². The molecule has 6 heteroatoms. The normalized spacial score (nSPS) is 8.88. The number of carbonyl (C=O) groups excluding carboxylic acids is 2. The summed E-state index contributed by atoms with van der Waals surface area (Å²) in [6.45, 7) is 5.38. The van der Waals surface area contributed by atoms with Gasteiger partial charge in [-0.1, -0.05) is 0 Å². The van der Waals surface area contributed by atoms with Gasteiger partial charge in [-0.25, -0.2) is 0 Å². The molecule has 16 heavy (non-hydrogen) atoms. The Morgan fingerprint density at radius 1 is 0.938 bits per heavy atom. The average Bonchev–Trinajstić information content (AvgIpc) is 2.29. The topological polar surface area (TPSA) is 40.6 Å². The van der Waals surface area contributed by atoms with Gasteiger partial charge in [-0.3, -0.25) is 9.59 Å². The fourth-order valence-corrected chi connectivity index (χ4v) is 1.19. The first-order chi connectivity index (χ1) is 7.44. The number of halogens is 2. The van der Waals surface area contributed by atoms with Gasteiger partial charge in [0.2, 0.25) is 11.8 Å². The van der Waals surface area contributed by atoms with Crippen LogP contribution in [0.5, 0.6) is 0 Å². The summed E-state index contributed by atoms with van der Waals surface area (Å²) in [6, 6.07) is 0. The highest BCUT2D eigenvalue weighted by atomic mass is 35.5. The number of alkyl halides is 2. The number of nitrogens with zero attached hydrogens (tertiary/aromatic N) is 2. The van der Waals surface area contributed by atoms with E-state index in [1.165, 1.54) is 4.90 Å². The fraction of sp³-hybridized carbons (Fsp3) is 0.800. The fourth-order valence-electron chi connectivity index (χ4n) is 0.780. The van der Waals surface area contributed by atoms with E-state index in [-0.39, 0.29) is 23.6 Å². The van der Waals surface area contributed by atoms with Crippen molar-refractivity contribution in [1.29, 1.82) is 0 Å². The molecule has 0 aromatic carbocycles. The minimum atomic E-state index is -0.0540. The Balaban J connectivity index is 0. The van der Waals surface area contributed by atoms with Crippen molar-refractivity contribution in [2.24, 2.45) is 0 Å². The van der Waals surface area contributed by atoms with Gasteiger partial charge in [0.1, 0.15) is 11.8 Å². The summed E-state index contributed by atoms with van der Waals surface area (Å²) >= 11 is 10.5. The number of carbonyl (C=O) groups is 2. The monoisotopic (exact) mass is 270 g/mol. The molecule has 96 valence electrons. The van der Waals surface area contributed by atoms with Gasteiger partial charge < -0.3 is 9.80 Å². The van der Waals surface area contributed by atoms with Crippen molar-refractivity contribution in [3.63, 3.8) is 0 Å². The number of rotatable bonds is 4. The molecule has 2 amide bonds. The van der Waals surface area contributed by atoms with Crippen molar-refractivity contribution in [2.45, 2.75) is 13.8 Å². The number of amides is 2. The zero-order chi connectivity index (χ0) is 13.1. The molecule has 0 rings (SSSR count). The maximum Gasteiger partial charge on any atom is 0.237 e. The smallest absolute Gasteiger partial charge is 0.237 e. The van der Waals surface area contributed by atoms with Gasteiger partial charge in [-0.2, -0.15) is 0 Å². The van der Waals surface area contributed by atoms with Crippen LogP contribution in [-0.4, -0.2) is 60.6 Å². The highest BCUT2D eigenvalue weighted by molar-refractivity contribution is 6.27. The van der Waals surface area contributed by atoms with E-state index in [9.17, 15) is 9.59 Å². The van der Waals surface area contributed by atoms with Crippen LogP contribution in [0.25, 0.3) is 0 Å². The molecule has 0 bridgehead atoms. The van der Waals surface area contributed by atoms with Gasteiger partial charge in [0.05, 0.1) is 0 Å². The molecule has 0 heterocycles. The quantitative estimate of drug-likeness (QED) is 0.725. The first-order valence-corrected chi connectivity index (χ1v) is 6.11. The molecule has 4 nitrogen and oxygen atoms in total. The Hall–Kier alpha value is -0.480. The van der Waals surface area contributed by atoms with Gasteiger partial charge in [0, 0.05) is 27.2 Å². The van der Waals surface area contributed by atoms with Gasteiger partial charge in [-0.15, -0.1) is 23.2 Å². The lowest BCUT2D eigenvalue weighted by Crippen LogP contribution is -2.31. The van der Waals surface area contributed by atoms with Crippen molar-refractivity contribution < 1.29 is 9.59 Å². The van der Waals surface area contributed by atoms with Crippen LogP contribution < -0.4 is 0 Å². The molecular weight excluding hydrogens is 251 g/mol. The Bertz CT molecular complexity index is 207. The molecular formula is C10H20Cl2N2O2. The second kappa shape index (κ2) is 11.0. The zero-order valence-corrected chi connectivity index (χ0v) is 11.8. The average molecular weight is 271 g/mol. The third-order valence-electron chi connectivity index (χ3n) is 1.84. The van der Waals surface area contributed by atoms with Gasteiger partial charge in [-0.05, 0) is 13.8 Å². The third kappa shape index (κ3) is 8.80. The second-order valence-corrected chi connectivity index (χ2v) is 3.66. The van der Waals surface area contributed by atoms with Crippen LogP contribution in [0, 0.1) is 0 Å². The first kappa shape index (κ1) is 17.9. The van der Waals surface area contributed by atoms with E-state index in [1.54, 1.807) is 19.0 Å². The largest absolute Gasteiger partial charge is 0.348 e.